The van der Waals surface area contributed by atoms with Crippen molar-refractivity contribution >= 4 is 11.0 Å². The van der Waals surface area contributed by atoms with Crippen LogP contribution in [0.15, 0.2) is 53.3 Å². The normalized spacial score (nSPS) is 14.5. The number of aryl methyl sites for hydroxylation is 1. The summed E-state index contributed by atoms with van der Waals surface area (Å²) < 4.78 is 2.13. The van der Waals surface area contributed by atoms with Gasteiger partial charge in [-0.2, -0.15) is 10.3 Å². The van der Waals surface area contributed by atoms with E-state index >= 15 is 0 Å². The number of nitrogens with zero attached hydrogens (tertiary/aromatic N) is 6. The molecular weight excluding hydrogens is 452 g/mol. The summed E-state index contributed by atoms with van der Waals surface area (Å²) in [6, 6.07) is 16.5. The van der Waals surface area contributed by atoms with E-state index in [1.165, 1.54) is 19.3 Å². The molecule has 36 heavy (non-hydrogen) atoms. The van der Waals surface area contributed by atoms with Gasteiger partial charge in [0.15, 0.2) is 0 Å². The average molecular weight is 481 g/mol. The number of imidazole rings is 1. The second-order valence-corrected chi connectivity index (χ2v) is 9.42. The minimum Gasteiger partial charge on any atom is -0.319 e. The second kappa shape index (κ2) is 9.49. The number of hydrogen-bond acceptors (Lipinski definition) is 6. The minimum atomic E-state index is -0.178. The summed E-state index contributed by atoms with van der Waals surface area (Å²) in [5.74, 6) is 1.96. The van der Waals surface area contributed by atoms with Crippen molar-refractivity contribution < 1.29 is 0 Å². The molecule has 0 spiro atoms. The molecule has 0 saturated heterocycles. The predicted molar refractivity (Wildman–Crippen MR) is 138 cm³/mol. The van der Waals surface area contributed by atoms with Crippen LogP contribution in [0, 0.1) is 0 Å². The maximum Gasteiger partial charge on any atom is 0.290 e. The summed E-state index contributed by atoms with van der Waals surface area (Å²) >= 11 is 0. The third kappa shape index (κ3) is 4.00. The number of nitrogens with one attached hydrogen (secondary N) is 2. The van der Waals surface area contributed by atoms with Gasteiger partial charge in [0.05, 0.1) is 5.69 Å². The van der Waals surface area contributed by atoms with Gasteiger partial charge >= 0.3 is 0 Å². The molecule has 0 bridgehead atoms. The molecular formula is C27H28N8O. The first-order chi connectivity index (χ1) is 17.7. The highest BCUT2D eigenvalue weighted by atomic mass is 16.1. The molecule has 182 valence electrons. The van der Waals surface area contributed by atoms with Gasteiger partial charge in [-0.15, -0.1) is 10.2 Å². The van der Waals surface area contributed by atoms with E-state index in [4.69, 9.17) is 4.98 Å². The molecule has 3 heterocycles. The van der Waals surface area contributed by atoms with Gasteiger partial charge in [-0.25, -0.2) is 10.1 Å². The van der Waals surface area contributed by atoms with Crippen molar-refractivity contribution in [1.82, 2.24) is 40.4 Å². The van der Waals surface area contributed by atoms with Crippen LogP contribution in [-0.2, 0) is 13.0 Å². The number of H-pyrrole nitrogens is 2. The molecule has 2 aromatic carbocycles. The number of benzene rings is 2. The number of aromatic amines is 2. The van der Waals surface area contributed by atoms with Gasteiger partial charge in [0.2, 0.25) is 5.82 Å². The lowest BCUT2D eigenvalue weighted by Gasteiger charge is -2.22. The third-order valence-corrected chi connectivity index (χ3v) is 7.20. The number of fused-ring (bicyclic) bond motifs is 1. The minimum absolute atomic E-state index is 0.178. The number of rotatable bonds is 6. The summed E-state index contributed by atoms with van der Waals surface area (Å²) in [7, 11) is 0. The molecule has 0 radical (unpaired) electrons. The zero-order chi connectivity index (χ0) is 24.5. The summed E-state index contributed by atoms with van der Waals surface area (Å²) in [6.45, 7) is 2.63. The lowest BCUT2D eigenvalue weighted by molar-refractivity contribution is 0.420. The fourth-order valence-corrected chi connectivity index (χ4v) is 5.38. The van der Waals surface area contributed by atoms with Crippen molar-refractivity contribution in [3.8, 4) is 22.5 Å². The van der Waals surface area contributed by atoms with Crippen LogP contribution in [-0.4, -0.2) is 40.4 Å². The molecule has 9 heteroatoms. The number of hydrogen-bond donors (Lipinski definition) is 2. The number of aromatic nitrogens is 8. The molecule has 0 atom stereocenters. The third-order valence-electron chi connectivity index (χ3n) is 7.20. The lowest BCUT2D eigenvalue weighted by Crippen LogP contribution is -2.17. The van der Waals surface area contributed by atoms with Crippen molar-refractivity contribution in [1.29, 1.82) is 0 Å². The van der Waals surface area contributed by atoms with Gasteiger partial charge in [-0.05, 0) is 41.2 Å². The van der Waals surface area contributed by atoms with E-state index in [9.17, 15) is 4.79 Å². The van der Waals surface area contributed by atoms with Crippen molar-refractivity contribution in [2.75, 3.05) is 0 Å². The highest BCUT2D eigenvalue weighted by molar-refractivity contribution is 5.80. The van der Waals surface area contributed by atoms with Gasteiger partial charge in [0, 0.05) is 18.0 Å². The average Bonchev–Trinajstić information content (AvgIpc) is 3.60. The summed E-state index contributed by atoms with van der Waals surface area (Å²) in [4.78, 5) is 18.0. The summed E-state index contributed by atoms with van der Waals surface area (Å²) in [5.41, 5.74) is 6.18. The quantitative estimate of drug-likeness (QED) is 0.366. The van der Waals surface area contributed by atoms with Crippen LogP contribution >= 0.6 is 0 Å². The molecule has 5 aromatic rings. The van der Waals surface area contributed by atoms with E-state index in [0.717, 1.165) is 58.6 Å². The Morgan fingerprint density at radius 1 is 0.972 bits per heavy atom. The fraction of sp³-hybridized carbons (Fsp3) is 0.333. The molecule has 1 aliphatic rings. The summed E-state index contributed by atoms with van der Waals surface area (Å²) in [5, 5.41) is 21.5. The van der Waals surface area contributed by atoms with E-state index in [1.54, 1.807) is 0 Å². The standard InChI is InChI=1S/C27H28N8O/c1-2-22-23-24(27(36)32-29-22)35(26(28-23)19-8-4-3-5-9-19)16-17-12-14-18(15-13-17)20-10-6-7-11-21(20)25-30-33-34-31-25/h6-7,10-15,19H,2-5,8-9,16H2,1H3,(H,32,36)(H,30,31,33,34). The smallest absolute Gasteiger partial charge is 0.290 e. The van der Waals surface area contributed by atoms with Crippen LogP contribution in [0.5, 0.6) is 0 Å². The molecule has 0 unspecified atom stereocenters. The zero-order valence-corrected chi connectivity index (χ0v) is 20.2. The van der Waals surface area contributed by atoms with Gasteiger partial charge in [0.25, 0.3) is 5.56 Å². The van der Waals surface area contributed by atoms with Gasteiger partial charge in [-0.3, -0.25) is 4.79 Å². The van der Waals surface area contributed by atoms with Crippen molar-refractivity contribution in [2.24, 2.45) is 0 Å². The Kier molecular flexibility index (Phi) is 5.88. The molecule has 0 amide bonds. The second-order valence-electron chi connectivity index (χ2n) is 9.42. The molecule has 1 aliphatic carbocycles. The van der Waals surface area contributed by atoms with Crippen molar-refractivity contribution in [2.45, 2.75) is 57.9 Å². The first-order valence-electron chi connectivity index (χ1n) is 12.6. The maximum absolute atomic E-state index is 12.9. The Bertz CT molecular complexity index is 1540. The van der Waals surface area contributed by atoms with E-state index in [0.29, 0.717) is 23.8 Å². The van der Waals surface area contributed by atoms with Crippen LogP contribution < -0.4 is 5.56 Å². The monoisotopic (exact) mass is 480 g/mol. The van der Waals surface area contributed by atoms with E-state index in [-0.39, 0.29) is 5.56 Å². The Balaban J connectivity index is 1.39. The fourth-order valence-electron chi connectivity index (χ4n) is 5.38. The highest BCUT2D eigenvalue weighted by Crippen LogP contribution is 2.35. The van der Waals surface area contributed by atoms with Crippen molar-refractivity contribution in [3.63, 3.8) is 0 Å². The topological polar surface area (TPSA) is 118 Å². The van der Waals surface area contributed by atoms with E-state index in [1.807, 2.05) is 25.1 Å². The van der Waals surface area contributed by atoms with Gasteiger partial charge in [-0.1, -0.05) is 74.7 Å². The van der Waals surface area contributed by atoms with Crippen LogP contribution in [0.2, 0.25) is 0 Å². The Morgan fingerprint density at radius 3 is 2.47 bits per heavy atom. The molecule has 9 nitrogen and oxygen atoms in total. The van der Waals surface area contributed by atoms with Crippen LogP contribution in [0.3, 0.4) is 0 Å². The SMILES string of the molecule is CCc1n[nH]c(=O)c2c1nc(C1CCCCC1)n2Cc1ccc(-c2ccccc2-c2nn[nH]n2)cc1. The molecule has 0 aliphatic heterocycles. The van der Waals surface area contributed by atoms with Gasteiger partial charge < -0.3 is 4.57 Å². The molecule has 3 aromatic heterocycles. The van der Waals surface area contributed by atoms with Crippen LogP contribution in [0.25, 0.3) is 33.5 Å². The molecule has 1 saturated carbocycles. The maximum atomic E-state index is 12.9. The van der Waals surface area contributed by atoms with E-state index in [2.05, 4.69) is 65.7 Å². The Labute approximate surface area is 208 Å². The largest absolute Gasteiger partial charge is 0.319 e. The zero-order valence-electron chi connectivity index (χ0n) is 20.2. The summed E-state index contributed by atoms with van der Waals surface area (Å²) in [6.07, 6.45) is 6.63. The van der Waals surface area contributed by atoms with Gasteiger partial charge in [0.1, 0.15) is 16.9 Å². The molecule has 2 N–H and O–H groups in total. The first kappa shape index (κ1) is 22.3. The van der Waals surface area contributed by atoms with Crippen molar-refractivity contribution in [3.05, 3.63) is 76.0 Å². The predicted octanol–water partition coefficient (Wildman–Crippen LogP) is 4.63. The number of tetrazole rings is 1. The van der Waals surface area contributed by atoms with E-state index < -0.39 is 0 Å². The lowest BCUT2D eigenvalue weighted by atomic mass is 9.88. The Morgan fingerprint density at radius 2 is 1.75 bits per heavy atom. The molecule has 1 fully saturated rings. The van der Waals surface area contributed by atoms with Crippen LogP contribution in [0.4, 0.5) is 0 Å². The highest BCUT2D eigenvalue weighted by Gasteiger charge is 2.25. The van der Waals surface area contributed by atoms with Crippen LogP contribution in [0.1, 0.15) is 62.0 Å². The first-order valence-corrected chi connectivity index (χ1v) is 12.6. The molecule has 6 rings (SSSR count). The Hall–Kier alpha value is -4.14.